The van der Waals surface area contributed by atoms with Crippen molar-refractivity contribution in [3.05, 3.63) is 28.3 Å². The summed E-state index contributed by atoms with van der Waals surface area (Å²) in [7, 11) is 2.13. The van der Waals surface area contributed by atoms with Gasteiger partial charge >= 0.3 is 0 Å². The van der Waals surface area contributed by atoms with Crippen LogP contribution in [0, 0.1) is 20.8 Å². The molecule has 0 amide bonds. The van der Waals surface area contributed by atoms with Crippen molar-refractivity contribution in [1.29, 1.82) is 0 Å². The highest BCUT2D eigenvalue weighted by Crippen LogP contribution is 2.33. The lowest BCUT2D eigenvalue weighted by molar-refractivity contribution is 1.02. The van der Waals surface area contributed by atoms with Crippen LogP contribution in [-0.4, -0.2) is 9.55 Å². The molecule has 3 heteroatoms. The molecule has 0 aliphatic carbocycles. The quantitative estimate of drug-likeness (QED) is 0.575. The van der Waals surface area contributed by atoms with Crippen LogP contribution in [0.5, 0.6) is 0 Å². The summed E-state index contributed by atoms with van der Waals surface area (Å²) in [5.41, 5.74) is 5.12. The summed E-state index contributed by atoms with van der Waals surface area (Å²) in [5, 5.41) is 2.43. The van der Waals surface area contributed by atoms with Gasteiger partial charge < -0.3 is 4.57 Å². The van der Waals surface area contributed by atoms with Crippen molar-refractivity contribution < 1.29 is 0 Å². The van der Waals surface area contributed by atoms with E-state index in [0.717, 1.165) is 10.5 Å². The molecule has 2 heterocycles. The third-order valence-corrected chi connectivity index (χ3v) is 4.10. The van der Waals surface area contributed by atoms with Crippen LogP contribution in [0.2, 0.25) is 0 Å². The molecule has 0 atom stereocenters. The van der Waals surface area contributed by atoms with Crippen molar-refractivity contribution in [2.45, 2.75) is 20.8 Å². The zero-order chi connectivity index (χ0) is 11.4. The molecule has 3 aromatic rings. The SMILES string of the molecule is Cc1cc(C)c2c(c1)c1nc(C)sc1n2C. The molecule has 2 aromatic heterocycles. The number of hydrogen-bond acceptors (Lipinski definition) is 2. The number of aromatic nitrogens is 2. The lowest BCUT2D eigenvalue weighted by Gasteiger charge is -2.02. The molecular weight excluding hydrogens is 216 g/mol. The first-order valence-electron chi connectivity index (χ1n) is 5.40. The molecule has 0 radical (unpaired) electrons. The van der Waals surface area contributed by atoms with Crippen LogP contribution in [0.3, 0.4) is 0 Å². The van der Waals surface area contributed by atoms with Crippen LogP contribution in [-0.2, 0) is 7.05 Å². The second kappa shape index (κ2) is 3.08. The van der Waals surface area contributed by atoms with Gasteiger partial charge in [-0.05, 0) is 32.4 Å². The van der Waals surface area contributed by atoms with Gasteiger partial charge in [0.2, 0.25) is 0 Å². The standard InChI is InChI=1S/C13H14N2S/c1-7-5-8(2)12-10(6-7)11-13(15(12)4)16-9(3)14-11/h5-6H,1-4H3. The van der Waals surface area contributed by atoms with E-state index >= 15 is 0 Å². The predicted molar refractivity (Wildman–Crippen MR) is 70.3 cm³/mol. The minimum absolute atomic E-state index is 1.14. The zero-order valence-electron chi connectivity index (χ0n) is 9.96. The van der Waals surface area contributed by atoms with Gasteiger partial charge in [0.05, 0.1) is 10.5 Å². The van der Waals surface area contributed by atoms with E-state index in [4.69, 9.17) is 0 Å². The van der Waals surface area contributed by atoms with Gasteiger partial charge in [-0.15, -0.1) is 11.3 Å². The Morgan fingerprint density at radius 2 is 1.94 bits per heavy atom. The fraction of sp³-hybridized carbons (Fsp3) is 0.308. The van der Waals surface area contributed by atoms with Gasteiger partial charge in [-0.25, -0.2) is 4.98 Å². The van der Waals surface area contributed by atoms with E-state index in [-0.39, 0.29) is 0 Å². The molecule has 3 rings (SSSR count). The molecule has 0 saturated carbocycles. The van der Waals surface area contributed by atoms with Crippen molar-refractivity contribution >= 4 is 32.6 Å². The largest absolute Gasteiger partial charge is 0.334 e. The second-order valence-corrected chi connectivity index (χ2v) is 5.61. The van der Waals surface area contributed by atoms with Crippen molar-refractivity contribution in [3.8, 4) is 0 Å². The highest BCUT2D eigenvalue weighted by Gasteiger charge is 2.14. The number of thiazole rings is 1. The second-order valence-electron chi connectivity index (χ2n) is 4.42. The molecule has 16 heavy (non-hydrogen) atoms. The van der Waals surface area contributed by atoms with E-state index in [2.05, 4.69) is 49.5 Å². The van der Waals surface area contributed by atoms with Crippen LogP contribution in [0.15, 0.2) is 12.1 Å². The molecule has 0 aliphatic heterocycles. The summed E-state index contributed by atoms with van der Waals surface area (Å²) in [4.78, 5) is 5.92. The topological polar surface area (TPSA) is 17.8 Å². The minimum atomic E-state index is 1.14. The van der Waals surface area contributed by atoms with Crippen molar-refractivity contribution in [1.82, 2.24) is 9.55 Å². The Bertz CT molecular complexity index is 704. The highest BCUT2D eigenvalue weighted by atomic mass is 32.1. The average Bonchev–Trinajstić information content (AvgIpc) is 2.67. The van der Waals surface area contributed by atoms with Gasteiger partial charge in [-0.2, -0.15) is 0 Å². The van der Waals surface area contributed by atoms with Gasteiger partial charge in [0.15, 0.2) is 0 Å². The number of rotatable bonds is 0. The summed E-state index contributed by atoms with van der Waals surface area (Å²) in [5.74, 6) is 0. The van der Waals surface area contributed by atoms with Crippen molar-refractivity contribution in [2.75, 3.05) is 0 Å². The third kappa shape index (κ3) is 1.15. The van der Waals surface area contributed by atoms with E-state index in [1.807, 2.05) is 0 Å². The summed E-state index contributed by atoms with van der Waals surface area (Å²) in [6.07, 6.45) is 0. The Kier molecular flexibility index (Phi) is 1.89. The average molecular weight is 230 g/mol. The van der Waals surface area contributed by atoms with Crippen molar-refractivity contribution in [3.63, 3.8) is 0 Å². The fourth-order valence-electron chi connectivity index (χ4n) is 2.51. The van der Waals surface area contributed by atoms with Gasteiger partial charge in [0, 0.05) is 12.4 Å². The number of hydrogen-bond donors (Lipinski definition) is 0. The molecule has 82 valence electrons. The Labute approximate surface area is 98.5 Å². The lowest BCUT2D eigenvalue weighted by atomic mass is 10.1. The van der Waals surface area contributed by atoms with Crippen LogP contribution >= 0.6 is 11.3 Å². The normalized spacial score (nSPS) is 11.8. The maximum atomic E-state index is 4.64. The van der Waals surface area contributed by atoms with Crippen LogP contribution in [0.1, 0.15) is 16.1 Å². The number of nitrogens with zero attached hydrogens (tertiary/aromatic N) is 2. The number of fused-ring (bicyclic) bond motifs is 3. The molecule has 0 N–H and O–H groups in total. The summed E-state index contributed by atoms with van der Waals surface area (Å²) >= 11 is 1.77. The summed E-state index contributed by atoms with van der Waals surface area (Å²) in [6.45, 7) is 6.38. The monoisotopic (exact) mass is 230 g/mol. The molecule has 0 spiro atoms. The van der Waals surface area contributed by atoms with Gasteiger partial charge in [-0.3, -0.25) is 0 Å². The smallest absolute Gasteiger partial charge is 0.124 e. The van der Waals surface area contributed by atoms with Gasteiger partial charge in [0.25, 0.3) is 0 Å². The fourth-order valence-corrected chi connectivity index (χ4v) is 3.40. The lowest BCUT2D eigenvalue weighted by Crippen LogP contribution is -1.88. The zero-order valence-corrected chi connectivity index (χ0v) is 10.8. The first-order chi connectivity index (χ1) is 7.58. The maximum Gasteiger partial charge on any atom is 0.124 e. The van der Waals surface area contributed by atoms with Crippen LogP contribution < -0.4 is 0 Å². The Morgan fingerprint density at radius 1 is 1.19 bits per heavy atom. The Morgan fingerprint density at radius 3 is 2.69 bits per heavy atom. The number of benzene rings is 1. The molecule has 2 nitrogen and oxygen atoms in total. The summed E-state index contributed by atoms with van der Waals surface area (Å²) < 4.78 is 2.27. The molecule has 0 aliphatic rings. The van der Waals surface area contributed by atoms with E-state index in [9.17, 15) is 0 Å². The van der Waals surface area contributed by atoms with Crippen LogP contribution in [0.4, 0.5) is 0 Å². The number of aryl methyl sites for hydroxylation is 4. The van der Waals surface area contributed by atoms with Gasteiger partial charge in [-0.1, -0.05) is 11.6 Å². The third-order valence-electron chi connectivity index (χ3n) is 3.06. The predicted octanol–water partition coefficient (Wildman–Crippen LogP) is 3.71. The van der Waals surface area contributed by atoms with Crippen LogP contribution in [0.25, 0.3) is 21.3 Å². The Balaban J connectivity index is 2.63. The molecule has 0 fully saturated rings. The first-order valence-corrected chi connectivity index (χ1v) is 6.22. The van der Waals surface area contributed by atoms with E-state index in [1.165, 1.54) is 26.9 Å². The molecule has 0 unspecified atom stereocenters. The molecular formula is C13H14N2S. The molecule has 0 bridgehead atoms. The van der Waals surface area contributed by atoms with E-state index in [0.29, 0.717) is 0 Å². The molecule has 1 aromatic carbocycles. The minimum Gasteiger partial charge on any atom is -0.334 e. The maximum absolute atomic E-state index is 4.64. The molecule has 0 saturated heterocycles. The van der Waals surface area contributed by atoms with Crippen molar-refractivity contribution in [2.24, 2.45) is 7.05 Å². The Hall–Kier alpha value is -1.35. The van der Waals surface area contributed by atoms with Gasteiger partial charge in [0.1, 0.15) is 10.3 Å². The van der Waals surface area contributed by atoms with E-state index in [1.54, 1.807) is 11.3 Å². The van der Waals surface area contributed by atoms with E-state index < -0.39 is 0 Å². The summed E-state index contributed by atoms with van der Waals surface area (Å²) in [6, 6.07) is 4.47. The highest BCUT2D eigenvalue weighted by molar-refractivity contribution is 7.18. The first kappa shape index (κ1) is 9.85.